The third-order valence-electron chi connectivity index (χ3n) is 1.93. The summed E-state index contributed by atoms with van der Waals surface area (Å²) in [6.07, 6.45) is 0.542. The highest BCUT2D eigenvalue weighted by molar-refractivity contribution is 7.80. The summed E-state index contributed by atoms with van der Waals surface area (Å²) in [4.78, 5) is 8.10. The number of para-hydroxylation sites is 2. The van der Waals surface area contributed by atoms with Gasteiger partial charge in [0.1, 0.15) is 5.82 Å². The number of fused-ring (bicyclic) bond motifs is 1. The van der Waals surface area contributed by atoms with Crippen LogP contribution in [0.1, 0.15) is 5.82 Å². The topological polar surface area (TPSA) is 66.7 Å². The molecule has 4 N–H and O–H groups in total. The van der Waals surface area contributed by atoms with Gasteiger partial charge in [-0.2, -0.15) is 0 Å². The van der Waals surface area contributed by atoms with Gasteiger partial charge in [-0.15, -0.1) is 0 Å². The smallest absolute Gasteiger partial charge is 0.114 e. The van der Waals surface area contributed by atoms with E-state index in [1.165, 1.54) is 0 Å². The summed E-state index contributed by atoms with van der Waals surface area (Å²) in [5.41, 5.74) is 4.39. The Bertz CT molecular complexity index is 430. The molecule has 0 saturated carbocycles. The minimum Gasteiger partial charge on any atom is -0.342 e. The van der Waals surface area contributed by atoms with Crippen molar-refractivity contribution in [1.29, 1.82) is 0 Å². The number of aromatic amines is 1. The zero-order valence-electron chi connectivity index (χ0n) is 7.45. The molecule has 0 atom stereocenters. The van der Waals surface area contributed by atoms with Gasteiger partial charge in [0.2, 0.25) is 0 Å². The van der Waals surface area contributed by atoms with Crippen LogP contribution >= 0.6 is 12.2 Å². The molecule has 0 bridgehead atoms. The number of aromatic nitrogens is 2. The summed E-state index contributed by atoms with van der Waals surface area (Å²) in [6, 6.07) is 7.84. The second-order valence-corrected chi connectivity index (χ2v) is 3.44. The third-order valence-corrected chi connectivity index (χ3v) is 2.19. The number of hydrogen-bond donors (Lipinski definition) is 3. The number of thiocarbonyl (C=S) groups is 1. The Kier molecular flexibility index (Phi) is 2.43. The molecule has 0 fully saturated rings. The normalized spacial score (nSPS) is 10.4. The summed E-state index contributed by atoms with van der Waals surface area (Å²) >= 11 is 4.95. The van der Waals surface area contributed by atoms with Crippen LogP contribution < -0.4 is 11.3 Å². The monoisotopic (exact) mass is 206 g/mol. The van der Waals surface area contributed by atoms with Crippen LogP contribution in [0.4, 0.5) is 0 Å². The molecule has 0 amide bonds. The largest absolute Gasteiger partial charge is 0.342 e. The van der Waals surface area contributed by atoms with E-state index >= 15 is 0 Å². The average molecular weight is 206 g/mol. The summed E-state index contributed by atoms with van der Waals surface area (Å²) in [7, 11) is 0. The number of H-pyrrole nitrogens is 1. The van der Waals surface area contributed by atoms with Crippen LogP contribution in [0.3, 0.4) is 0 Å². The predicted molar refractivity (Wildman–Crippen MR) is 59.7 cm³/mol. The van der Waals surface area contributed by atoms with Gasteiger partial charge in [-0.3, -0.25) is 5.84 Å². The highest BCUT2D eigenvalue weighted by Crippen LogP contribution is 2.10. The van der Waals surface area contributed by atoms with Gasteiger partial charge in [0.25, 0.3) is 0 Å². The maximum Gasteiger partial charge on any atom is 0.114 e. The van der Waals surface area contributed by atoms with Crippen molar-refractivity contribution in [2.45, 2.75) is 6.42 Å². The number of hydrogen-bond acceptors (Lipinski definition) is 3. The molecule has 1 heterocycles. The SMILES string of the molecule is NNC(=S)Cc1nc2ccccc2[nH]1. The molecule has 1 aromatic carbocycles. The number of benzene rings is 1. The number of rotatable bonds is 2. The second-order valence-electron chi connectivity index (χ2n) is 2.94. The van der Waals surface area contributed by atoms with Gasteiger partial charge in [0.15, 0.2) is 0 Å². The van der Waals surface area contributed by atoms with Crippen molar-refractivity contribution in [3.05, 3.63) is 30.1 Å². The Morgan fingerprint density at radius 3 is 3.00 bits per heavy atom. The molecular formula is C9H10N4S. The quantitative estimate of drug-likeness (QED) is 0.388. The Labute approximate surface area is 86.5 Å². The van der Waals surface area contributed by atoms with Crippen molar-refractivity contribution in [3.8, 4) is 0 Å². The van der Waals surface area contributed by atoms with Gasteiger partial charge in [-0.05, 0) is 12.1 Å². The molecule has 4 nitrogen and oxygen atoms in total. The Morgan fingerprint density at radius 2 is 2.29 bits per heavy atom. The zero-order valence-corrected chi connectivity index (χ0v) is 8.27. The van der Waals surface area contributed by atoms with Crippen molar-refractivity contribution in [3.63, 3.8) is 0 Å². The fraction of sp³-hybridized carbons (Fsp3) is 0.111. The lowest BCUT2D eigenvalue weighted by Crippen LogP contribution is -2.30. The molecule has 0 unspecified atom stereocenters. The van der Waals surface area contributed by atoms with E-state index in [-0.39, 0.29) is 0 Å². The first-order chi connectivity index (χ1) is 6.79. The lowest BCUT2D eigenvalue weighted by Gasteiger charge is -1.97. The van der Waals surface area contributed by atoms with Gasteiger partial charge in [-0.25, -0.2) is 4.98 Å². The fourth-order valence-corrected chi connectivity index (χ4v) is 1.43. The average Bonchev–Trinajstić information content (AvgIpc) is 2.59. The molecule has 5 heteroatoms. The van der Waals surface area contributed by atoms with Crippen LogP contribution in [-0.2, 0) is 6.42 Å². The van der Waals surface area contributed by atoms with Crippen LogP contribution in [0.2, 0.25) is 0 Å². The zero-order chi connectivity index (χ0) is 9.97. The highest BCUT2D eigenvalue weighted by Gasteiger charge is 2.03. The molecule has 0 aliphatic carbocycles. The molecule has 0 spiro atoms. The third kappa shape index (κ3) is 1.73. The van der Waals surface area contributed by atoms with Crippen molar-refractivity contribution in [2.75, 3.05) is 0 Å². The van der Waals surface area contributed by atoms with Gasteiger partial charge < -0.3 is 10.4 Å². The number of nitrogens with one attached hydrogen (secondary N) is 2. The first-order valence-electron chi connectivity index (χ1n) is 4.22. The van der Waals surface area contributed by atoms with Crippen molar-refractivity contribution in [2.24, 2.45) is 5.84 Å². The van der Waals surface area contributed by atoms with Gasteiger partial charge in [-0.1, -0.05) is 24.4 Å². The van der Waals surface area contributed by atoms with E-state index < -0.39 is 0 Å². The Morgan fingerprint density at radius 1 is 1.50 bits per heavy atom. The maximum absolute atomic E-state index is 5.18. The van der Waals surface area contributed by atoms with Crippen LogP contribution in [0.5, 0.6) is 0 Å². The van der Waals surface area contributed by atoms with E-state index in [0.717, 1.165) is 16.9 Å². The van der Waals surface area contributed by atoms with E-state index in [2.05, 4.69) is 15.4 Å². The van der Waals surface area contributed by atoms with Gasteiger partial charge >= 0.3 is 0 Å². The first-order valence-corrected chi connectivity index (χ1v) is 4.63. The standard InChI is InChI=1S/C9H10N4S/c10-13-9(14)5-8-11-6-3-1-2-4-7(6)12-8/h1-4H,5,10H2,(H,11,12)(H,13,14). The minimum atomic E-state index is 0.542. The maximum atomic E-state index is 5.18. The van der Waals surface area contributed by atoms with Crippen LogP contribution in [0.15, 0.2) is 24.3 Å². The molecule has 1 aromatic heterocycles. The summed E-state index contributed by atoms with van der Waals surface area (Å²) in [5, 5.41) is 0. The minimum absolute atomic E-state index is 0.542. The molecule has 0 aliphatic rings. The fourth-order valence-electron chi connectivity index (χ4n) is 1.29. The Balaban J connectivity index is 2.31. The molecule has 0 saturated heterocycles. The lowest BCUT2D eigenvalue weighted by molar-refractivity contribution is 0.989. The summed E-state index contributed by atoms with van der Waals surface area (Å²) in [5.74, 6) is 6.01. The van der Waals surface area contributed by atoms with Crippen LogP contribution in [-0.4, -0.2) is 15.0 Å². The van der Waals surface area contributed by atoms with E-state index in [0.29, 0.717) is 11.4 Å². The molecule has 0 radical (unpaired) electrons. The molecule has 0 aliphatic heterocycles. The van der Waals surface area contributed by atoms with Crippen molar-refractivity contribution < 1.29 is 0 Å². The van der Waals surface area contributed by atoms with Gasteiger partial charge in [0, 0.05) is 0 Å². The van der Waals surface area contributed by atoms with Crippen LogP contribution in [0.25, 0.3) is 11.0 Å². The molecule has 14 heavy (non-hydrogen) atoms. The summed E-state index contributed by atoms with van der Waals surface area (Å²) < 4.78 is 0. The first kappa shape index (κ1) is 9.11. The molecule has 72 valence electrons. The highest BCUT2D eigenvalue weighted by atomic mass is 32.1. The predicted octanol–water partition coefficient (Wildman–Crippen LogP) is 0.896. The number of nitrogens with zero attached hydrogens (tertiary/aromatic N) is 1. The van der Waals surface area contributed by atoms with E-state index in [1.54, 1.807) is 0 Å². The van der Waals surface area contributed by atoms with E-state index in [4.69, 9.17) is 18.1 Å². The van der Waals surface area contributed by atoms with Crippen molar-refractivity contribution >= 4 is 28.2 Å². The second kappa shape index (κ2) is 3.73. The molecule has 2 aromatic rings. The Hall–Kier alpha value is -1.46. The number of imidazole rings is 1. The lowest BCUT2D eigenvalue weighted by atomic mass is 10.3. The summed E-state index contributed by atoms with van der Waals surface area (Å²) in [6.45, 7) is 0. The van der Waals surface area contributed by atoms with E-state index in [1.807, 2.05) is 24.3 Å². The van der Waals surface area contributed by atoms with Crippen molar-refractivity contribution in [1.82, 2.24) is 15.4 Å². The number of nitrogens with two attached hydrogens (primary N) is 1. The van der Waals surface area contributed by atoms with E-state index in [9.17, 15) is 0 Å². The molecular weight excluding hydrogens is 196 g/mol. The van der Waals surface area contributed by atoms with Crippen LogP contribution in [0, 0.1) is 0 Å². The number of hydrazine groups is 1. The van der Waals surface area contributed by atoms with Gasteiger partial charge in [0.05, 0.1) is 22.4 Å². The molecule has 2 rings (SSSR count).